The van der Waals surface area contributed by atoms with Crippen LogP contribution < -0.4 is 5.73 Å². The van der Waals surface area contributed by atoms with E-state index in [0.717, 1.165) is 6.42 Å². The van der Waals surface area contributed by atoms with Crippen LogP contribution in [0.3, 0.4) is 0 Å². The Bertz CT molecular complexity index is 1050. The van der Waals surface area contributed by atoms with Crippen molar-refractivity contribution in [3.8, 4) is 6.07 Å². The van der Waals surface area contributed by atoms with Crippen LogP contribution in [-0.2, 0) is 16.7 Å². The highest BCUT2D eigenvalue weighted by atomic mass is 32.2. The van der Waals surface area contributed by atoms with Crippen molar-refractivity contribution in [1.82, 2.24) is 4.98 Å². The van der Waals surface area contributed by atoms with E-state index in [-0.39, 0.29) is 42.3 Å². The van der Waals surface area contributed by atoms with Crippen molar-refractivity contribution < 1.29 is 13.9 Å². The summed E-state index contributed by atoms with van der Waals surface area (Å²) in [5.41, 5.74) is 6.89. The maximum absolute atomic E-state index is 15.0. The van der Waals surface area contributed by atoms with Crippen LogP contribution in [0.4, 0.5) is 4.39 Å². The largest absolute Gasteiger partial charge is 0.379 e. The SMILES string of the molecule is CC[C@H]1OC[C@]2(c3cc(CC(=O)c4ccc(C#N)cn4)ccc3F)N=C(N)SC[C@H]12. The third-order valence-electron chi connectivity index (χ3n) is 5.74. The molecule has 1 aromatic heterocycles. The number of amidine groups is 1. The first-order valence-corrected chi connectivity index (χ1v) is 10.7. The molecule has 0 aliphatic carbocycles. The van der Waals surface area contributed by atoms with Crippen molar-refractivity contribution in [3.05, 3.63) is 64.7 Å². The Balaban J connectivity index is 1.67. The lowest BCUT2D eigenvalue weighted by atomic mass is 9.77. The summed E-state index contributed by atoms with van der Waals surface area (Å²) in [5, 5.41) is 9.30. The van der Waals surface area contributed by atoms with Crippen LogP contribution in [0.2, 0.25) is 0 Å². The zero-order valence-electron chi connectivity index (χ0n) is 16.5. The number of Topliss-reactive ketones (excluding diaryl/α,β-unsaturated/α-hetero) is 1. The molecule has 3 heterocycles. The Kier molecular flexibility index (Phi) is 5.58. The third kappa shape index (κ3) is 3.59. The number of pyridine rings is 1. The van der Waals surface area contributed by atoms with Crippen molar-refractivity contribution in [2.75, 3.05) is 12.4 Å². The average Bonchev–Trinajstić information content (AvgIpc) is 3.13. The van der Waals surface area contributed by atoms with Gasteiger partial charge in [0.1, 0.15) is 23.1 Å². The van der Waals surface area contributed by atoms with Crippen molar-refractivity contribution >= 4 is 22.7 Å². The van der Waals surface area contributed by atoms with Crippen molar-refractivity contribution in [2.45, 2.75) is 31.4 Å². The van der Waals surface area contributed by atoms with Gasteiger partial charge in [-0.3, -0.25) is 9.78 Å². The number of hydrogen-bond donors (Lipinski definition) is 1. The molecule has 0 radical (unpaired) electrons. The Morgan fingerprint density at radius 1 is 1.43 bits per heavy atom. The summed E-state index contributed by atoms with van der Waals surface area (Å²) in [4.78, 5) is 21.4. The predicted molar refractivity (Wildman–Crippen MR) is 113 cm³/mol. The molecule has 2 aromatic rings. The van der Waals surface area contributed by atoms with E-state index in [1.807, 2.05) is 13.0 Å². The maximum Gasteiger partial charge on any atom is 0.185 e. The third-order valence-corrected chi connectivity index (χ3v) is 6.66. The standard InChI is InChI=1S/C22H21FN4O2S/c1-2-20-16-11-30-21(25)27-22(16,12-29-20)15-7-13(3-5-17(15)23)8-19(28)18-6-4-14(9-24)10-26-18/h3-7,10,16,20H,2,8,11-12H2,1H3,(H2,25,27)/t16-,20-,22-/m1/s1. The predicted octanol–water partition coefficient (Wildman–Crippen LogP) is 3.20. The van der Waals surface area contributed by atoms with Crippen molar-refractivity contribution in [3.63, 3.8) is 0 Å². The zero-order chi connectivity index (χ0) is 21.3. The number of aliphatic imine (C=N–C) groups is 1. The first-order valence-electron chi connectivity index (χ1n) is 9.75. The van der Waals surface area contributed by atoms with Gasteiger partial charge in [-0.2, -0.15) is 5.26 Å². The average molecular weight is 425 g/mol. The Morgan fingerprint density at radius 2 is 2.27 bits per heavy atom. The number of fused-ring (bicyclic) bond motifs is 1. The minimum atomic E-state index is -0.869. The molecular formula is C22H21FN4O2S. The van der Waals surface area contributed by atoms with Crippen LogP contribution in [-0.4, -0.2) is 34.4 Å². The lowest BCUT2D eigenvalue weighted by Crippen LogP contribution is -2.42. The first kappa shape index (κ1) is 20.5. The normalized spacial score (nSPS) is 25.3. The summed E-state index contributed by atoms with van der Waals surface area (Å²) in [5.74, 6) is 0.144. The van der Waals surface area contributed by atoms with Gasteiger partial charge in [-0.25, -0.2) is 9.38 Å². The first-order chi connectivity index (χ1) is 14.5. The molecular weight excluding hydrogens is 403 g/mol. The molecule has 0 unspecified atom stereocenters. The van der Waals surface area contributed by atoms with Gasteiger partial charge in [-0.05, 0) is 36.2 Å². The highest BCUT2D eigenvalue weighted by Gasteiger charge is 2.53. The molecule has 6 nitrogen and oxygen atoms in total. The van der Waals surface area contributed by atoms with E-state index in [1.165, 1.54) is 30.1 Å². The minimum absolute atomic E-state index is 0.0121. The van der Waals surface area contributed by atoms with Gasteiger partial charge in [-0.15, -0.1) is 0 Å². The molecule has 4 rings (SSSR count). The Hall–Kier alpha value is -2.76. The summed E-state index contributed by atoms with van der Waals surface area (Å²) < 4.78 is 21.0. The summed E-state index contributed by atoms with van der Waals surface area (Å²) in [6, 6.07) is 9.74. The fourth-order valence-corrected chi connectivity index (χ4v) is 5.25. The molecule has 154 valence electrons. The number of nitrogens with zero attached hydrogens (tertiary/aromatic N) is 3. The van der Waals surface area contributed by atoms with Crippen LogP contribution in [0, 0.1) is 23.1 Å². The van der Waals surface area contributed by atoms with E-state index in [0.29, 0.717) is 27.6 Å². The maximum atomic E-state index is 15.0. The highest BCUT2D eigenvalue weighted by Crippen LogP contribution is 2.48. The van der Waals surface area contributed by atoms with Crippen LogP contribution in [0.25, 0.3) is 0 Å². The van der Waals surface area contributed by atoms with E-state index in [2.05, 4.69) is 9.98 Å². The summed E-state index contributed by atoms with van der Waals surface area (Å²) in [6.07, 6.45) is 2.23. The number of carbonyl (C=O) groups is 1. The monoisotopic (exact) mass is 424 g/mol. The molecule has 0 bridgehead atoms. The summed E-state index contributed by atoms with van der Waals surface area (Å²) in [6.45, 7) is 2.31. The molecule has 3 atom stereocenters. The van der Waals surface area contributed by atoms with E-state index < -0.39 is 5.54 Å². The number of carbonyl (C=O) groups excluding carboxylic acids is 1. The van der Waals surface area contributed by atoms with Gasteiger partial charge in [0.05, 0.1) is 18.3 Å². The number of ether oxygens (including phenoxy) is 1. The number of benzene rings is 1. The van der Waals surface area contributed by atoms with E-state index >= 15 is 0 Å². The van der Waals surface area contributed by atoms with Crippen molar-refractivity contribution in [1.29, 1.82) is 5.26 Å². The second-order valence-corrected chi connectivity index (χ2v) is 8.55. The van der Waals surface area contributed by atoms with Gasteiger partial charge in [0.25, 0.3) is 0 Å². The van der Waals surface area contributed by atoms with Gasteiger partial charge in [0.15, 0.2) is 11.0 Å². The Labute approximate surface area is 178 Å². The summed E-state index contributed by atoms with van der Waals surface area (Å²) >= 11 is 1.47. The second kappa shape index (κ2) is 8.17. The van der Waals surface area contributed by atoms with E-state index in [9.17, 15) is 9.18 Å². The molecule has 1 saturated heterocycles. The fraction of sp³-hybridized carbons (Fsp3) is 0.364. The highest BCUT2D eigenvalue weighted by molar-refractivity contribution is 8.13. The molecule has 0 spiro atoms. The van der Waals surface area contributed by atoms with E-state index in [4.69, 9.17) is 15.7 Å². The van der Waals surface area contributed by atoms with Crippen LogP contribution in [0.1, 0.15) is 40.5 Å². The number of ketones is 1. The molecule has 2 aliphatic heterocycles. The molecule has 1 fully saturated rings. The molecule has 1 aromatic carbocycles. The van der Waals surface area contributed by atoms with Crippen molar-refractivity contribution in [2.24, 2.45) is 16.6 Å². The number of hydrogen-bond acceptors (Lipinski definition) is 7. The van der Waals surface area contributed by atoms with Gasteiger partial charge in [0, 0.05) is 29.9 Å². The van der Waals surface area contributed by atoms with Crippen LogP contribution in [0.15, 0.2) is 41.5 Å². The molecule has 2 N–H and O–H groups in total. The number of thioether (sulfide) groups is 1. The lowest BCUT2D eigenvalue weighted by molar-refractivity contribution is 0.0904. The lowest BCUT2D eigenvalue weighted by Gasteiger charge is -2.36. The number of halogens is 1. The number of rotatable bonds is 5. The Morgan fingerprint density at radius 3 is 2.97 bits per heavy atom. The molecule has 0 saturated carbocycles. The molecule has 2 aliphatic rings. The minimum Gasteiger partial charge on any atom is -0.379 e. The van der Waals surface area contributed by atoms with Crippen LogP contribution in [0.5, 0.6) is 0 Å². The number of nitriles is 1. The fourth-order valence-electron chi connectivity index (χ4n) is 4.18. The van der Waals surface area contributed by atoms with Gasteiger partial charge in [-0.1, -0.05) is 24.8 Å². The molecule has 8 heteroatoms. The number of nitrogens with two attached hydrogens (primary N) is 1. The second-order valence-electron chi connectivity index (χ2n) is 7.51. The quantitative estimate of drug-likeness (QED) is 0.740. The van der Waals surface area contributed by atoms with Gasteiger partial charge >= 0.3 is 0 Å². The van der Waals surface area contributed by atoms with E-state index in [1.54, 1.807) is 18.2 Å². The molecule has 30 heavy (non-hydrogen) atoms. The van der Waals surface area contributed by atoms with Gasteiger partial charge < -0.3 is 10.5 Å². The number of aromatic nitrogens is 1. The summed E-state index contributed by atoms with van der Waals surface area (Å²) in [7, 11) is 0. The topological polar surface area (TPSA) is 101 Å². The zero-order valence-corrected chi connectivity index (χ0v) is 17.3. The molecule has 0 amide bonds. The van der Waals surface area contributed by atoms with Gasteiger partial charge in [0.2, 0.25) is 0 Å². The smallest absolute Gasteiger partial charge is 0.185 e. The van der Waals surface area contributed by atoms with Crippen LogP contribution >= 0.6 is 11.8 Å².